The third kappa shape index (κ3) is 5.09. The van der Waals surface area contributed by atoms with E-state index >= 15 is 0 Å². The summed E-state index contributed by atoms with van der Waals surface area (Å²) in [5, 5.41) is 11.4. The summed E-state index contributed by atoms with van der Waals surface area (Å²) in [5.74, 6) is 1.81. The summed E-state index contributed by atoms with van der Waals surface area (Å²) in [6.07, 6.45) is 9.31. The molecule has 0 amide bonds. The van der Waals surface area contributed by atoms with Crippen molar-refractivity contribution in [2.45, 2.75) is 64.5 Å². The number of hydrogen-bond donors (Lipinski definition) is 2. The van der Waals surface area contributed by atoms with E-state index in [1.165, 1.54) is 36.8 Å². The standard InChI is InChI=1S/C27H37N7/c1-20-25(21(2)32-31-20)26(22-11-6-5-7-12-22)34-18-10-13-23(19-34)29-27-28-15-14-24(30-27)33-16-8-3-4-9-17-33/h5-7,11-12,14-15,23,26H,3-4,8-10,13,16-19H2,1-2H3,(H,31,32)(H,28,29,30). The minimum atomic E-state index is 0.189. The minimum absolute atomic E-state index is 0.189. The lowest BCUT2D eigenvalue weighted by Gasteiger charge is -2.39. The molecular weight excluding hydrogens is 422 g/mol. The number of benzene rings is 1. The van der Waals surface area contributed by atoms with Crippen LogP contribution in [0.2, 0.25) is 0 Å². The van der Waals surface area contributed by atoms with Gasteiger partial charge in [-0.1, -0.05) is 43.2 Å². The third-order valence-electron chi connectivity index (χ3n) is 7.30. The van der Waals surface area contributed by atoms with Crippen LogP contribution < -0.4 is 10.2 Å². The number of aromatic amines is 1. The summed E-state index contributed by atoms with van der Waals surface area (Å²) in [4.78, 5) is 14.5. The van der Waals surface area contributed by atoms with E-state index in [1.54, 1.807) is 0 Å². The summed E-state index contributed by atoms with van der Waals surface area (Å²) in [6, 6.07) is 13.4. The molecule has 2 atom stereocenters. The van der Waals surface area contributed by atoms with Crippen molar-refractivity contribution in [2.24, 2.45) is 0 Å². The van der Waals surface area contributed by atoms with E-state index in [0.29, 0.717) is 6.04 Å². The first-order chi connectivity index (χ1) is 16.7. The smallest absolute Gasteiger partial charge is 0.224 e. The zero-order valence-electron chi connectivity index (χ0n) is 20.5. The molecule has 0 aliphatic carbocycles. The van der Waals surface area contributed by atoms with Crippen LogP contribution in [-0.4, -0.2) is 57.3 Å². The topological polar surface area (TPSA) is 73.0 Å². The van der Waals surface area contributed by atoms with Gasteiger partial charge in [-0.2, -0.15) is 10.1 Å². The summed E-state index contributed by atoms with van der Waals surface area (Å²) < 4.78 is 0. The maximum atomic E-state index is 4.91. The molecule has 0 saturated carbocycles. The maximum absolute atomic E-state index is 4.91. The third-order valence-corrected chi connectivity index (χ3v) is 7.30. The highest BCUT2D eigenvalue weighted by atomic mass is 15.3. The van der Waals surface area contributed by atoms with E-state index < -0.39 is 0 Å². The number of H-pyrrole nitrogens is 1. The number of likely N-dealkylation sites (tertiary alicyclic amines) is 1. The highest BCUT2D eigenvalue weighted by molar-refractivity contribution is 5.43. The van der Waals surface area contributed by atoms with Gasteiger partial charge in [0.05, 0.1) is 11.7 Å². The fourth-order valence-electron chi connectivity index (χ4n) is 5.59. The molecule has 34 heavy (non-hydrogen) atoms. The molecule has 2 N–H and O–H groups in total. The first-order valence-electron chi connectivity index (χ1n) is 12.8. The average Bonchev–Trinajstić information content (AvgIpc) is 3.05. The van der Waals surface area contributed by atoms with Crippen LogP contribution in [0.25, 0.3) is 0 Å². The van der Waals surface area contributed by atoms with Gasteiger partial charge in [-0.15, -0.1) is 0 Å². The minimum Gasteiger partial charge on any atom is -0.356 e. The molecule has 2 aliphatic rings. The van der Waals surface area contributed by atoms with Crippen molar-refractivity contribution >= 4 is 11.8 Å². The van der Waals surface area contributed by atoms with Crippen molar-refractivity contribution in [2.75, 3.05) is 36.4 Å². The summed E-state index contributed by atoms with van der Waals surface area (Å²) in [5.41, 5.74) is 4.84. The number of hydrogen-bond acceptors (Lipinski definition) is 6. The van der Waals surface area contributed by atoms with Crippen LogP contribution in [0.3, 0.4) is 0 Å². The lowest BCUT2D eigenvalue weighted by molar-refractivity contribution is 0.176. The van der Waals surface area contributed by atoms with E-state index in [1.807, 2.05) is 6.20 Å². The lowest BCUT2D eigenvalue weighted by atomic mass is 9.92. The second-order valence-electron chi connectivity index (χ2n) is 9.78. The Hall–Kier alpha value is -2.93. The molecule has 2 saturated heterocycles. The second-order valence-corrected chi connectivity index (χ2v) is 9.78. The molecule has 2 fully saturated rings. The van der Waals surface area contributed by atoms with Crippen molar-refractivity contribution in [3.63, 3.8) is 0 Å². The first-order valence-corrected chi connectivity index (χ1v) is 12.8. The van der Waals surface area contributed by atoms with Crippen LogP contribution in [0.5, 0.6) is 0 Å². The molecule has 0 bridgehead atoms. The molecule has 2 aromatic heterocycles. The van der Waals surface area contributed by atoms with Crippen molar-refractivity contribution in [1.29, 1.82) is 0 Å². The number of piperidine rings is 1. The van der Waals surface area contributed by atoms with Crippen LogP contribution in [-0.2, 0) is 0 Å². The molecule has 0 radical (unpaired) electrons. The van der Waals surface area contributed by atoms with E-state index in [2.05, 4.69) is 80.5 Å². The van der Waals surface area contributed by atoms with Gasteiger partial charge in [0, 0.05) is 43.1 Å². The Morgan fingerprint density at radius 3 is 2.50 bits per heavy atom. The molecule has 5 rings (SSSR count). The largest absolute Gasteiger partial charge is 0.356 e. The monoisotopic (exact) mass is 459 g/mol. The first kappa shape index (κ1) is 22.8. The van der Waals surface area contributed by atoms with Crippen LogP contribution >= 0.6 is 0 Å². The maximum Gasteiger partial charge on any atom is 0.224 e. The van der Waals surface area contributed by atoms with Crippen LogP contribution in [0.15, 0.2) is 42.6 Å². The number of rotatable bonds is 6. The molecular formula is C27H37N7. The van der Waals surface area contributed by atoms with Gasteiger partial charge >= 0.3 is 0 Å². The second kappa shape index (κ2) is 10.6. The van der Waals surface area contributed by atoms with E-state index in [4.69, 9.17) is 4.98 Å². The predicted molar refractivity (Wildman–Crippen MR) is 137 cm³/mol. The zero-order chi connectivity index (χ0) is 23.3. The Kier molecular flexibility index (Phi) is 7.09. The molecule has 3 aromatic rings. The Labute approximate surface area is 203 Å². The van der Waals surface area contributed by atoms with E-state index in [9.17, 15) is 0 Å². The van der Waals surface area contributed by atoms with Gasteiger partial charge in [0.15, 0.2) is 0 Å². The number of anilines is 2. The zero-order valence-corrected chi connectivity index (χ0v) is 20.5. The van der Waals surface area contributed by atoms with Gasteiger partial charge in [0.25, 0.3) is 0 Å². The van der Waals surface area contributed by atoms with E-state index in [-0.39, 0.29) is 6.04 Å². The molecule has 7 heteroatoms. The van der Waals surface area contributed by atoms with Gasteiger partial charge in [0.1, 0.15) is 5.82 Å². The van der Waals surface area contributed by atoms with Crippen LogP contribution in [0.4, 0.5) is 11.8 Å². The summed E-state index contributed by atoms with van der Waals surface area (Å²) >= 11 is 0. The van der Waals surface area contributed by atoms with Gasteiger partial charge in [-0.05, 0) is 57.7 Å². The van der Waals surface area contributed by atoms with Gasteiger partial charge in [-0.3, -0.25) is 10.00 Å². The molecule has 4 heterocycles. The summed E-state index contributed by atoms with van der Waals surface area (Å²) in [6.45, 7) is 8.44. The molecule has 180 valence electrons. The van der Waals surface area contributed by atoms with Gasteiger partial charge < -0.3 is 10.2 Å². The van der Waals surface area contributed by atoms with Crippen molar-refractivity contribution < 1.29 is 0 Å². The SMILES string of the molecule is Cc1n[nH]c(C)c1C(c1ccccc1)N1CCCC(Nc2nccc(N3CCCCCC3)n2)C1. The number of nitrogens with zero attached hydrogens (tertiary/aromatic N) is 5. The Morgan fingerprint density at radius 1 is 0.971 bits per heavy atom. The number of nitrogens with one attached hydrogen (secondary N) is 2. The highest BCUT2D eigenvalue weighted by Crippen LogP contribution is 2.34. The van der Waals surface area contributed by atoms with Crippen LogP contribution in [0.1, 0.15) is 67.1 Å². The van der Waals surface area contributed by atoms with Gasteiger partial charge in [-0.25, -0.2) is 4.98 Å². The van der Waals surface area contributed by atoms with Crippen LogP contribution in [0, 0.1) is 13.8 Å². The quantitative estimate of drug-likeness (QED) is 0.548. The van der Waals surface area contributed by atoms with Crippen molar-refractivity contribution in [1.82, 2.24) is 25.1 Å². The molecule has 2 unspecified atom stereocenters. The summed E-state index contributed by atoms with van der Waals surface area (Å²) in [7, 11) is 0. The Balaban J connectivity index is 1.34. The normalized spacial score (nSPS) is 20.6. The predicted octanol–water partition coefficient (Wildman–Crippen LogP) is 4.86. The molecule has 0 spiro atoms. The fraction of sp³-hybridized carbons (Fsp3) is 0.519. The molecule has 7 nitrogen and oxygen atoms in total. The lowest BCUT2D eigenvalue weighted by Crippen LogP contribution is -2.44. The molecule has 1 aromatic carbocycles. The molecule has 2 aliphatic heterocycles. The van der Waals surface area contributed by atoms with E-state index in [0.717, 1.165) is 62.2 Å². The Morgan fingerprint density at radius 2 is 1.76 bits per heavy atom. The number of aromatic nitrogens is 4. The Bertz CT molecular complexity index is 1040. The van der Waals surface area contributed by atoms with Crippen molar-refractivity contribution in [3.05, 3.63) is 65.1 Å². The average molecular weight is 460 g/mol. The number of aryl methyl sites for hydroxylation is 2. The fourth-order valence-corrected chi connectivity index (χ4v) is 5.59. The van der Waals surface area contributed by atoms with Crippen molar-refractivity contribution in [3.8, 4) is 0 Å². The highest BCUT2D eigenvalue weighted by Gasteiger charge is 2.31. The van der Waals surface area contributed by atoms with Gasteiger partial charge in [0.2, 0.25) is 5.95 Å².